The van der Waals surface area contributed by atoms with Gasteiger partial charge in [0.05, 0.1) is 45.6 Å². The number of aromatic amines is 4. The fourth-order valence-electron chi connectivity index (χ4n) is 10.2. The van der Waals surface area contributed by atoms with Crippen LogP contribution in [0.5, 0.6) is 0 Å². The monoisotopic (exact) mass is 1090 g/mol. The molecule has 0 aliphatic carbocycles. The lowest BCUT2D eigenvalue weighted by atomic mass is 9.98. The third-order valence-corrected chi connectivity index (χ3v) is 14.5. The Morgan fingerprint density at radius 1 is 0.321 bits per heavy atom. The van der Waals surface area contributed by atoms with Crippen LogP contribution in [0.3, 0.4) is 0 Å². The van der Waals surface area contributed by atoms with Gasteiger partial charge in [-0.15, -0.1) is 24.8 Å². The predicted molar refractivity (Wildman–Crippen MR) is 313 cm³/mol. The number of carboxylic acid groups (broad SMARTS) is 4. The Morgan fingerprint density at radius 3 is 0.782 bits per heavy atom. The van der Waals surface area contributed by atoms with Gasteiger partial charge in [-0.2, -0.15) is 0 Å². The van der Waals surface area contributed by atoms with Crippen LogP contribution in [0.25, 0.3) is 88.7 Å². The van der Waals surface area contributed by atoms with Gasteiger partial charge in [-0.05, 0) is 221 Å². The molecule has 0 fully saturated rings. The number of hydrogen-bond donors (Lipinski definition) is 8. The van der Waals surface area contributed by atoms with E-state index in [-0.39, 0.29) is 50.5 Å². The van der Waals surface area contributed by atoms with Gasteiger partial charge in [0.1, 0.15) is 0 Å². The van der Waals surface area contributed by atoms with E-state index in [1.54, 1.807) is 0 Å². The molecule has 8 N–H and O–H groups in total. The molecule has 0 saturated carbocycles. The van der Waals surface area contributed by atoms with Gasteiger partial charge in [0.15, 0.2) is 0 Å². The van der Waals surface area contributed by atoms with Gasteiger partial charge in [0, 0.05) is 69.8 Å². The van der Waals surface area contributed by atoms with E-state index in [9.17, 15) is 39.6 Å². The van der Waals surface area contributed by atoms with Crippen molar-refractivity contribution in [1.82, 2.24) is 39.9 Å². The molecule has 0 spiro atoms. The molecule has 4 aliphatic heterocycles. The number of nitrogens with zero attached hydrogens (tertiary/aromatic N) is 4. The Kier molecular flexibility index (Phi) is 17.3. The summed E-state index contributed by atoms with van der Waals surface area (Å²) < 4.78 is 0. The van der Waals surface area contributed by atoms with Crippen molar-refractivity contribution in [3.8, 4) is 0 Å². The molecule has 0 atom stereocenters. The summed E-state index contributed by atoms with van der Waals surface area (Å²) in [5, 5.41) is 37.4. The predicted octanol–water partition coefficient (Wildman–Crippen LogP) is 13.9. The number of rotatable bonds is 12. The van der Waals surface area contributed by atoms with Crippen LogP contribution in [-0.2, 0) is 19.2 Å². The van der Waals surface area contributed by atoms with Crippen molar-refractivity contribution in [2.24, 2.45) is 0 Å². The molecule has 6 aromatic heterocycles. The van der Waals surface area contributed by atoms with Crippen LogP contribution in [0.15, 0.2) is 72.8 Å². The van der Waals surface area contributed by atoms with Crippen LogP contribution in [0.1, 0.15) is 147 Å². The highest BCUT2D eigenvalue weighted by Gasteiger charge is 2.24. The Labute approximate surface area is 462 Å². The Bertz CT molecular complexity index is 3710. The zero-order valence-corrected chi connectivity index (χ0v) is 46.2. The number of aromatic nitrogens is 8. The first kappa shape index (κ1) is 57.4. The topological polar surface area (TPSA) is 264 Å². The van der Waals surface area contributed by atoms with Gasteiger partial charge in [-0.25, -0.2) is 19.9 Å². The minimum absolute atomic E-state index is 0. The van der Waals surface area contributed by atoms with Gasteiger partial charge in [0.2, 0.25) is 0 Å². The minimum atomic E-state index is -0.873. The molecule has 0 aromatic carbocycles. The molecule has 10 rings (SSSR count). The number of nitrogens with one attached hydrogen (secondary N) is 4. The molecular formula is C60H62Cl2N8O8. The number of carbonyl (C=O) groups is 4. The molecule has 18 heteroatoms. The second kappa shape index (κ2) is 23.5. The molecule has 0 saturated heterocycles. The van der Waals surface area contributed by atoms with E-state index in [4.69, 9.17) is 19.9 Å². The number of hydrogen-bond acceptors (Lipinski definition) is 8. The summed E-state index contributed by atoms with van der Waals surface area (Å²) in [5.41, 5.74) is 24.7. The van der Waals surface area contributed by atoms with Crippen molar-refractivity contribution in [3.05, 3.63) is 141 Å². The van der Waals surface area contributed by atoms with Gasteiger partial charge in [-0.1, -0.05) is 0 Å². The molecule has 404 valence electrons. The Morgan fingerprint density at radius 2 is 0.538 bits per heavy atom. The van der Waals surface area contributed by atoms with Crippen molar-refractivity contribution in [2.75, 3.05) is 0 Å². The van der Waals surface area contributed by atoms with Crippen LogP contribution in [0, 0.1) is 27.7 Å². The molecule has 6 aromatic rings. The highest BCUT2D eigenvalue weighted by Crippen LogP contribution is 2.40. The maximum absolute atomic E-state index is 11.4. The second-order valence-corrected chi connectivity index (χ2v) is 20.0. The van der Waals surface area contributed by atoms with E-state index < -0.39 is 23.9 Å². The van der Waals surface area contributed by atoms with E-state index in [0.29, 0.717) is 48.5 Å². The number of aliphatic carboxylic acids is 4. The summed E-state index contributed by atoms with van der Waals surface area (Å²) in [7, 11) is 0. The molecule has 78 heavy (non-hydrogen) atoms. The number of carboxylic acids is 4. The van der Waals surface area contributed by atoms with E-state index >= 15 is 0 Å². The van der Waals surface area contributed by atoms with Crippen LogP contribution >= 0.6 is 24.8 Å². The number of H-pyrrole nitrogens is 4. The first-order chi connectivity index (χ1) is 36.2. The zero-order valence-electron chi connectivity index (χ0n) is 44.6. The van der Waals surface area contributed by atoms with E-state index in [0.717, 1.165) is 134 Å². The van der Waals surface area contributed by atoms with Gasteiger partial charge in [0.25, 0.3) is 0 Å². The summed E-state index contributed by atoms with van der Waals surface area (Å²) in [6, 6.07) is 24.2. The third-order valence-electron chi connectivity index (χ3n) is 14.5. The van der Waals surface area contributed by atoms with Crippen molar-refractivity contribution in [3.63, 3.8) is 0 Å². The quantitative estimate of drug-likeness (QED) is 0.0569. The average molecular weight is 1090 g/mol. The molecule has 16 bridgehead atoms. The fourth-order valence-corrected chi connectivity index (χ4v) is 10.2. The van der Waals surface area contributed by atoms with E-state index in [2.05, 4.69) is 70.2 Å². The van der Waals surface area contributed by atoms with Crippen molar-refractivity contribution in [2.45, 2.75) is 107 Å². The van der Waals surface area contributed by atoms with Crippen LogP contribution in [0.4, 0.5) is 0 Å². The first-order valence-corrected chi connectivity index (χ1v) is 25.3. The lowest BCUT2D eigenvalue weighted by Gasteiger charge is -2.05. The lowest BCUT2D eigenvalue weighted by Crippen LogP contribution is -1.97. The van der Waals surface area contributed by atoms with Crippen LogP contribution in [-0.4, -0.2) is 84.2 Å². The van der Waals surface area contributed by atoms with Crippen molar-refractivity contribution in [1.29, 1.82) is 0 Å². The summed E-state index contributed by atoms with van der Waals surface area (Å²) in [5.74, 6) is -3.49. The largest absolute Gasteiger partial charge is 0.481 e. The molecule has 4 aliphatic rings. The molecular weight excluding hydrogens is 1030 g/mol. The van der Waals surface area contributed by atoms with E-state index in [1.807, 2.05) is 77.9 Å². The smallest absolute Gasteiger partial charge is 0.303 e. The maximum atomic E-state index is 11.4. The molecule has 0 radical (unpaired) electrons. The maximum Gasteiger partial charge on any atom is 0.303 e. The Balaban J connectivity index is 0.000000220. The number of aryl methyl sites for hydroxylation is 4. The van der Waals surface area contributed by atoms with Crippen molar-refractivity contribution >= 4 is 137 Å². The lowest BCUT2D eigenvalue weighted by molar-refractivity contribution is -0.137. The average Bonchev–Trinajstić information content (AvgIpc) is 4.23. The minimum Gasteiger partial charge on any atom is -0.481 e. The van der Waals surface area contributed by atoms with Crippen molar-refractivity contribution < 1.29 is 39.6 Å². The molecule has 16 nitrogen and oxygen atoms in total. The van der Waals surface area contributed by atoms with E-state index in [1.165, 1.54) is 0 Å². The van der Waals surface area contributed by atoms with Crippen LogP contribution in [0.2, 0.25) is 0 Å². The highest BCUT2D eigenvalue weighted by molar-refractivity contribution is 5.98. The number of fused-ring (bicyclic) bond motifs is 16. The van der Waals surface area contributed by atoms with Gasteiger partial charge in [-0.3, -0.25) is 19.2 Å². The number of allylic oxidation sites excluding steroid dienone is 8. The standard InChI is InChI=1S/2C30H30N4O4.2ClH/c2*1-15-9-20-12-25-17(3)21(5-7-29(35)36)27(33-25)14-28-22(6-8-30(37)38)18(4)26(34-28)13-24-16(2)10-19(32-24)11-23(15)31-20;;/h2*9-14,31-32H,5-8H2,1-4H3,(H,35,36)(H,37,38);2*1H. The van der Waals surface area contributed by atoms with Gasteiger partial charge < -0.3 is 40.4 Å². The molecule has 0 amide bonds. The Hall–Kier alpha value is -8.34. The fraction of sp³-hybridized carbons (Fsp3) is 0.267. The van der Waals surface area contributed by atoms with Crippen LogP contribution < -0.4 is 0 Å². The summed E-state index contributed by atoms with van der Waals surface area (Å²) in [4.78, 5) is 79.2. The summed E-state index contributed by atoms with van der Waals surface area (Å²) in [6.07, 6.45) is 1.29. The summed E-state index contributed by atoms with van der Waals surface area (Å²) >= 11 is 0. The zero-order chi connectivity index (χ0) is 54.3. The first-order valence-electron chi connectivity index (χ1n) is 25.3. The molecule has 0 unspecified atom stereocenters. The normalized spacial score (nSPS) is 13.0. The SMILES string of the molecule is CC1=C(CCC(=O)O)c2cc3nc(cc4[nH]c(cc4C)cc4[nH]c(cc1n2)cc4C)C(C)=C3CCC(=O)O.CC1=C(CCC(=O)O)c2cc3nc(cc4[nH]c(cc4C)cc4[nH]c(cc1n2)cc4C)C(C)=C3CCC(=O)O.Cl.Cl. The van der Waals surface area contributed by atoms with Gasteiger partial charge >= 0.3 is 23.9 Å². The second-order valence-electron chi connectivity index (χ2n) is 20.0. The third kappa shape index (κ3) is 12.4. The highest BCUT2D eigenvalue weighted by atomic mass is 35.5. The summed E-state index contributed by atoms with van der Waals surface area (Å²) in [6.45, 7) is 16.0. The molecule has 10 heterocycles. The number of halogens is 2.